The molecule has 6 nitrogen and oxygen atoms in total. The molecule has 1 fully saturated rings. The molecule has 6 heteroatoms. The Balaban J connectivity index is 2.13. The van der Waals surface area contributed by atoms with E-state index in [4.69, 9.17) is 5.84 Å². The highest BCUT2D eigenvalue weighted by molar-refractivity contribution is 5.65. The molecule has 20 heavy (non-hydrogen) atoms. The lowest BCUT2D eigenvalue weighted by atomic mass is 9.85. The van der Waals surface area contributed by atoms with Crippen molar-refractivity contribution in [2.75, 3.05) is 18.5 Å². The Labute approximate surface area is 119 Å². The average Bonchev–Trinajstić information content (AvgIpc) is 2.40. The van der Waals surface area contributed by atoms with Crippen molar-refractivity contribution in [1.29, 1.82) is 0 Å². The van der Waals surface area contributed by atoms with E-state index in [9.17, 15) is 10.1 Å². The summed E-state index contributed by atoms with van der Waals surface area (Å²) in [6.45, 7) is 4.80. The molecule has 1 aromatic rings. The van der Waals surface area contributed by atoms with Gasteiger partial charge in [-0.25, -0.2) is 0 Å². The first-order chi connectivity index (χ1) is 9.65. The third-order valence-electron chi connectivity index (χ3n) is 4.05. The summed E-state index contributed by atoms with van der Waals surface area (Å²) in [7, 11) is 0. The van der Waals surface area contributed by atoms with Crippen LogP contribution in [0.4, 0.5) is 11.4 Å². The third-order valence-corrected chi connectivity index (χ3v) is 4.05. The van der Waals surface area contributed by atoms with Crippen molar-refractivity contribution in [1.82, 2.24) is 4.90 Å². The number of hydrogen-bond donors (Lipinski definition) is 2. The number of benzene rings is 1. The second kappa shape index (κ2) is 6.67. The second-order valence-corrected chi connectivity index (χ2v) is 5.34. The van der Waals surface area contributed by atoms with Crippen LogP contribution in [0.5, 0.6) is 0 Å². The van der Waals surface area contributed by atoms with Gasteiger partial charge in [0, 0.05) is 19.2 Å². The molecule has 0 saturated heterocycles. The molecule has 0 amide bonds. The summed E-state index contributed by atoms with van der Waals surface area (Å²) in [5.74, 6) is 6.25. The van der Waals surface area contributed by atoms with Crippen LogP contribution < -0.4 is 11.3 Å². The van der Waals surface area contributed by atoms with Crippen molar-refractivity contribution >= 4 is 11.4 Å². The number of rotatable bonds is 7. The Hall–Kier alpha value is -1.66. The van der Waals surface area contributed by atoms with Crippen molar-refractivity contribution in [3.63, 3.8) is 0 Å². The van der Waals surface area contributed by atoms with E-state index in [1.165, 1.54) is 25.3 Å². The zero-order valence-electron chi connectivity index (χ0n) is 11.8. The number of nitro groups is 1. The van der Waals surface area contributed by atoms with E-state index in [-0.39, 0.29) is 5.69 Å². The molecule has 0 atom stereocenters. The molecule has 110 valence electrons. The van der Waals surface area contributed by atoms with Crippen molar-refractivity contribution in [2.45, 2.75) is 32.7 Å². The lowest BCUT2D eigenvalue weighted by molar-refractivity contribution is -0.384. The van der Waals surface area contributed by atoms with Crippen LogP contribution in [0.15, 0.2) is 18.2 Å². The van der Waals surface area contributed by atoms with Gasteiger partial charge in [-0.15, -0.1) is 0 Å². The SMILES string of the molecule is CCN(Cc1cccc([N+](=O)[O-])c1NN)CC1CCC1. The van der Waals surface area contributed by atoms with Crippen molar-refractivity contribution in [3.8, 4) is 0 Å². The van der Waals surface area contributed by atoms with E-state index in [2.05, 4.69) is 17.2 Å². The minimum absolute atomic E-state index is 0.0321. The monoisotopic (exact) mass is 278 g/mol. The van der Waals surface area contributed by atoms with Crippen LogP contribution in [0, 0.1) is 16.0 Å². The molecule has 0 radical (unpaired) electrons. The fourth-order valence-corrected chi connectivity index (χ4v) is 2.62. The maximum absolute atomic E-state index is 11.0. The zero-order valence-corrected chi connectivity index (χ0v) is 11.8. The Morgan fingerprint density at radius 2 is 2.25 bits per heavy atom. The Bertz CT molecular complexity index is 474. The fourth-order valence-electron chi connectivity index (χ4n) is 2.62. The molecule has 1 aliphatic rings. The summed E-state index contributed by atoms with van der Waals surface area (Å²) in [6.07, 6.45) is 3.93. The normalized spacial score (nSPS) is 15.2. The fraction of sp³-hybridized carbons (Fsp3) is 0.571. The summed E-state index contributed by atoms with van der Waals surface area (Å²) >= 11 is 0. The quantitative estimate of drug-likeness (QED) is 0.455. The first-order valence-electron chi connectivity index (χ1n) is 7.11. The third kappa shape index (κ3) is 3.26. The minimum atomic E-state index is -0.402. The lowest BCUT2D eigenvalue weighted by Crippen LogP contribution is -2.32. The molecule has 2 rings (SSSR count). The van der Waals surface area contributed by atoms with Gasteiger partial charge in [0.25, 0.3) is 5.69 Å². The number of nitrogen functional groups attached to an aromatic ring is 1. The predicted molar refractivity (Wildman–Crippen MR) is 79.2 cm³/mol. The van der Waals surface area contributed by atoms with Gasteiger partial charge in [-0.3, -0.25) is 20.9 Å². The number of para-hydroxylation sites is 1. The summed E-state index contributed by atoms with van der Waals surface area (Å²) in [4.78, 5) is 12.9. The van der Waals surface area contributed by atoms with E-state index in [1.54, 1.807) is 6.07 Å². The van der Waals surface area contributed by atoms with E-state index in [0.717, 1.165) is 24.6 Å². The van der Waals surface area contributed by atoms with Gasteiger partial charge in [0.2, 0.25) is 0 Å². The molecule has 0 unspecified atom stereocenters. The Morgan fingerprint density at radius 3 is 2.75 bits per heavy atom. The average molecular weight is 278 g/mol. The highest BCUT2D eigenvalue weighted by atomic mass is 16.6. The van der Waals surface area contributed by atoms with Crippen LogP contribution >= 0.6 is 0 Å². The van der Waals surface area contributed by atoms with Gasteiger partial charge < -0.3 is 5.43 Å². The summed E-state index contributed by atoms with van der Waals surface area (Å²) in [5, 5.41) is 11.0. The smallest absolute Gasteiger partial charge is 0.293 e. The zero-order chi connectivity index (χ0) is 14.5. The molecule has 1 aromatic carbocycles. The predicted octanol–water partition coefficient (Wildman–Crippen LogP) is 2.50. The summed E-state index contributed by atoms with van der Waals surface area (Å²) < 4.78 is 0. The molecule has 3 N–H and O–H groups in total. The number of hydrogen-bond acceptors (Lipinski definition) is 5. The van der Waals surface area contributed by atoms with Gasteiger partial charge >= 0.3 is 0 Å². The van der Waals surface area contributed by atoms with Crippen LogP contribution in [0.2, 0.25) is 0 Å². The maximum Gasteiger partial charge on any atom is 0.293 e. The molecular formula is C14H22N4O2. The highest BCUT2D eigenvalue weighted by Crippen LogP contribution is 2.30. The van der Waals surface area contributed by atoms with Crippen LogP contribution in [-0.4, -0.2) is 22.9 Å². The topological polar surface area (TPSA) is 84.4 Å². The molecule has 0 bridgehead atoms. The van der Waals surface area contributed by atoms with Crippen molar-refractivity contribution in [2.24, 2.45) is 11.8 Å². The van der Waals surface area contributed by atoms with Crippen LogP contribution in [0.25, 0.3) is 0 Å². The molecule has 1 aliphatic carbocycles. The van der Waals surface area contributed by atoms with Gasteiger partial charge in [-0.1, -0.05) is 25.5 Å². The number of hydrazine groups is 1. The van der Waals surface area contributed by atoms with Crippen molar-refractivity contribution in [3.05, 3.63) is 33.9 Å². The number of nitrogens with one attached hydrogen (secondary N) is 1. The van der Waals surface area contributed by atoms with Gasteiger partial charge in [-0.2, -0.15) is 0 Å². The van der Waals surface area contributed by atoms with Gasteiger partial charge in [0.15, 0.2) is 0 Å². The highest BCUT2D eigenvalue weighted by Gasteiger charge is 2.22. The number of nitrogens with zero attached hydrogens (tertiary/aromatic N) is 2. The lowest BCUT2D eigenvalue weighted by Gasteiger charge is -2.32. The molecule has 0 spiro atoms. The number of nitrogens with two attached hydrogens (primary N) is 1. The molecular weight excluding hydrogens is 256 g/mol. The van der Waals surface area contributed by atoms with Gasteiger partial charge in [0.05, 0.1) is 4.92 Å². The minimum Gasteiger partial charge on any atom is -0.318 e. The first-order valence-corrected chi connectivity index (χ1v) is 7.11. The van der Waals surface area contributed by atoms with E-state index in [0.29, 0.717) is 12.2 Å². The standard InChI is InChI=1S/C14H22N4O2/c1-2-17(9-11-5-3-6-11)10-12-7-4-8-13(18(19)20)14(12)16-15/h4,7-8,11,16H,2-3,5-6,9-10,15H2,1H3. The van der Waals surface area contributed by atoms with Crippen LogP contribution in [0.1, 0.15) is 31.7 Å². The maximum atomic E-state index is 11.0. The number of nitro benzene ring substituents is 1. The largest absolute Gasteiger partial charge is 0.318 e. The van der Waals surface area contributed by atoms with E-state index < -0.39 is 4.92 Å². The summed E-state index contributed by atoms with van der Waals surface area (Å²) in [6, 6.07) is 5.08. The molecule has 1 saturated carbocycles. The Kier molecular flexibility index (Phi) is 4.92. The Morgan fingerprint density at radius 1 is 1.50 bits per heavy atom. The van der Waals surface area contributed by atoms with Crippen molar-refractivity contribution < 1.29 is 4.92 Å². The van der Waals surface area contributed by atoms with Gasteiger partial charge in [0.1, 0.15) is 5.69 Å². The van der Waals surface area contributed by atoms with Gasteiger partial charge in [-0.05, 0) is 30.9 Å². The number of anilines is 1. The van der Waals surface area contributed by atoms with E-state index in [1.807, 2.05) is 6.07 Å². The second-order valence-electron chi connectivity index (χ2n) is 5.34. The molecule has 0 heterocycles. The summed E-state index contributed by atoms with van der Waals surface area (Å²) in [5.41, 5.74) is 3.82. The first kappa shape index (κ1) is 14.7. The molecule has 0 aromatic heterocycles. The van der Waals surface area contributed by atoms with Crippen LogP contribution in [0.3, 0.4) is 0 Å². The van der Waals surface area contributed by atoms with E-state index >= 15 is 0 Å². The molecule has 0 aliphatic heterocycles. The van der Waals surface area contributed by atoms with Crippen LogP contribution in [-0.2, 0) is 6.54 Å².